The number of phenolic OH excluding ortho intramolecular Hbond substituents is 2. The van der Waals surface area contributed by atoms with Gasteiger partial charge in [0.2, 0.25) is 5.91 Å². The molecule has 1 amide bonds. The van der Waals surface area contributed by atoms with Crippen molar-refractivity contribution in [1.29, 1.82) is 0 Å². The van der Waals surface area contributed by atoms with Crippen LogP contribution in [0.1, 0.15) is 24.4 Å². The Labute approximate surface area is 81.2 Å². The second-order valence-electron chi connectivity index (χ2n) is 3.44. The molecule has 1 fully saturated rings. The molecule has 1 atom stereocenters. The second-order valence-corrected chi connectivity index (χ2v) is 3.44. The zero-order valence-corrected chi connectivity index (χ0v) is 7.53. The molecule has 2 rings (SSSR count). The second kappa shape index (κ2) is 3.21. The topological polar surface area (TPSA) is 69.6 Å². The number of carbonyl (C=O) groups is 1. The minimum absolute atomic E-state index is 0.0119. The highest BCUT2D eigenvalue weighted by Gasteiger charge is 2.22. The Balaban J connectivity index is 2.27. The van der Waals surface area contributed by atoms with Gasteiger partial charge in [-0.25, -0.2) is 0 Å². The molecular formula is C10H11NO3. The van der Waals surface area contributed by atoms with Gasteiger partial charge in [0.25, 0.3) is 0 Å². The third-order valence-electron chi connectivity index (χ3n) is 2.32. The number of aromatic hydroxyl groups is 2. The smallest absolute Gasteiger partial charge is 0.220 e. The van der Waals surface area contributed by atoms with Crippen LogP contribution in [-0.2, 0) is 4.79 Å². The maximum absolute atomic E-state index is 11.0. The molecule has 1 aliphatic heterocycles. The normalized spacial score (nSPS) is 20.9. The standard InChI is InChI=1S/C10H11NO3/c12-7-3-6(4-8(13)5-7)9-1-2-10(14)11-9/h3-5,9,12-13H,1-2H2,(H,11,14)/t9-/m0/s1. The lowest BCUT2D eigenvalue weighted by Crippen LogP contribution is -2.18. The van der Waals surface area contributed by atoms with E-state index in [1.54, 1.807) is 12.1 Å². The van der Waals surface area contributed by atoms with Crippen LogP contribution in [0.25, 0.3) is 0 Å². The molecule has 1 aliphatic rings. The molecule has 14 heavy (non-hydrogen) atoms. The number of hydrogen-bond donors (Lipinski definition) is 3. The summed E-state index contributed by atoms with van der Waals surface area (Å²) in [5.41, 5.74) is 0.744. The zero-order chi connectivity index (χ0) is 10.1. The van der Waals surface area contributed by atoms with Crippen molar-refractivity contribution < 1.29 is 15.0 Å². The fourth-order valence-corrected chi connectivity index (χ4v) is 1.68. The molecule has 0 aliphatic carbocycles. The quantitative estimate of drug-likeness (QED) is 0.624. The molecule has 1 aromatic carbocycles. The van der Waals surface area contributed by atoms with E-state index in [0.717, 1.165) is 5.56 Å². The lowest BCUT2D eigenvalue weighted by molar-refractivity contribution is -0.119. The van der Waals surface area contributed by atoms with Gasteiger partial charge >= 0.3 is 0 Å². The van der Waals surface area contributed by atoms with Crippen molar-refractivity contribution in [1.82, 2.24) is 5.32 Å². The van der Waals surface area contributed by atoms with Crippen molar-refractivity contribution >= 4 is 5.91 Å². The fraction of sp³-hybridized carbons (Fsp3) is 0.300. The van der Waals surface area contributed by atoms with E-state index in [1.165, 1.54) is 6.07 Å². The van der Waals surface area contributed by atoms with Gasteiger partial charge in [0.1, 0.15) is 11.5 Å². The Morgan fingerprint density at radius 3 is 2.36 bits per heavy atom. The van der Waals surface area contributed by atoms with E-state index in [2.05, 4.69) is 5.32 Å². The summed E-state index contributed by atoms with van der Waals surface area (Å²) in [4.78, 5) is 11.0. The highest BCUT2D eigenvalue weighted by atomic mass is 16.3. The largest absolute Gasteiger partial charge is 0.508 e. The first-order valence-electron chi connectivity index (χ1n) is 4.47. The highest BCUT2D eigenvalue weighted by molar-refractivity contribution is 5.78. The van der Waals surface area contributed by atoms with Crippen LogP contribution >= 0.6 is 0 Å². The summed E-state index contributed by atoms with van der Waals surface area (Å²) in [6, 6.07) is 4.28. The van der Waals surface area contributed by atoms with Gasteiger partial charge in [0.15, 0.2) is 0 Å². The Bertz CT molecular complexity index is 355. The van der Waals surface area contributed by atoms with Crippen LogP contribution in [0.2, 0.25) is 0 Å². The van der Waals surface area contributed by atoms with Gasteiger partial charge in [-0.3, -0.25) is 4.79 Å². The molecule has 0 saturated carbocycles. The summed E-state index contributed by atoms with van der Waals surface area (Å²) in [7, 11) is 0. The van der Waals surface area contributed by atoms with Gasteiger partial charge in [-0.15, -0.1) is 0 Å². The lowest BCUT2D eigenvalue weighted by atomic mass is 10.0. The first-order valence-corrected chi connectivity index (χ1v) is 4.47. The molecule has 0 bridgehead atoms. The summed E-state index contributed by atoms with van der Waals surface area (Å²) >= 11 is 0. The van der Waals surface area contributed by atoms with E-state index in [1.807, 2.05) is 0 Å². The van der Waals surface area contributed by atoms with Crippen LogP contribution in [-0.4, -0.2) is 16.1 Å². The number of hydrogen-bond acceptors (Lipinski definition) is 3. The van der Waals surface area contributed by atoms with Crippen molar-refractivity contribution in [2.24, 2.45) is 0 Å². The van der Waals surface area contributed by atoms with Crippen molar-refractivity contribution in [3.8, 4) is 11.5 Å². The number of amides is 1. The number of nitrogens with one attached hydrogen (secondary N) is 1. The van der Waals surface area contributed by atoms with Crippen molar-refractivity contribution in [3.05, 3.63) is 23.8 Å². The predicted octanol–water partition coefficient (Wildman–Crippen LogP) is 1.05. The minimum atomic E-state index is -0.0829. The number of benzene rings is 1. The predicted molar refractivity (Wildman–Crippen MR) is 49.9 cm³/mol. The Morgan fingerprint density at radius 1 is 1.21 bits per heavy atom. The summed E-state index contributed by atoms with van der Waals surface area (Å²) in [6.45, 7) is 0. The van der Waals surface area contributed by atoms with Crippen LogP contribution in [0.15, 0.2) is 18.2 Å². The molecule has 0 spiro atoms. The third-order valence-corrected chi connectivity index (χ3v) is 2.32. The van der Waals surface area contributed by atoms with Crippen LogP contribution in [0.5, 0.6) is 11.5 Å². The van der Waals surface area contributed by atoms with Crippen molar-refractivity contribution in [2.75, 3.05) is 0 Å². The molecule has 4 nitrogen and oxygen atoms in total. The minimum Gasteiger partial charge on any atom is -0.508 e. The molecule has 0 unspecified atom stereocenters. The zero-order valence-electron chi connectivity index (χ0n) is 7.53. The van der Waals surface area contributed by atoms with E-state index in [9.17, 15) is 15.0 Å². The first kappa shape index (κ1) is 8.87. The van der Waals surface area contributed by atoms with Crippen LogP contribution in [0.4, 0.5) is 0 Å². The molecule has 0 aromatic heterocycles. The number of rotatable bonds is 1. The maximum atomic E-state index is 11.0. The molecular weight excluding hydrogens is 182 g/mol. The average Bonchev–Trinajstić information content (AvgIpc) is 2.50. The summed E-state index contributed by atoms with van der Waals surface area (Å²) < 4.78 is 0. The van der Waals surface area contributed by atoms with E-state index in [0.29, 0.717) is 12.8 Å². The molecule has 1 heterocycles. The molecule has 1 aromatic rings. The van der Waals surface area contributed by atoms with Gasteiger partial charge in [-0.05, 0) is 24.1 Å². The third kappa shape index (κ3) is 1.64. The van der Waals surface area contributed by atoms with Crippen molar-refractivity contribution in [2.45, 2.75) is 18.9 Å². The van der Waals surface area contributed by atoms with Gasteiger partial charge in [0.05, 0.1) is 6.04 Å². The van der Waals surface area contributed by atoms with E-state index in [4.69, 9.17) is 0 Å². The van der Waals surface area contributed by atoms with Gasteiger partial charge < -0.3 is 15.5 Å². The Morgan fingerprint density at radius 2 is 1.86 bits per heavy atom. The van der Waals surface area contributed by atoms with E-state index in [-0.39, 0.29) is 23.4 Å². The van der Waals surface area contributed by atoms with E-state index >= 15 is 0 Å². The number of phenols is 2. The Hall–Kier alpha value is -1.71. The number of carbonyl (C=O) groups excluding carboxylic acids is 1. The highest BCUT2D eigenvalue weighted by Crippen LogP contribution is 2.29. The molecule has 0 radical (unpaired) electrons. The van der Waals surface area contributed by atoms with Crippen LogP contribution in [0, 0.1) is 0 Å². The molecule has 74 valence electrons. The van der Waals surface area contributed by atoms with Crippen LogP contribution < -0.4 is 5.32 Å². The summed E-state index contributed by atoms with van der Waals surface area (Å²) in [5, 5.41) is 21.3. The maximum Gasteiger partial charge on any atom is 0.220 e. The van der Waals surface area contributed by atoms with Gasteiger partial charge in [0, 0.05) is 12.5 Å². The molecule has 1 saturated heterocycles. The van der Waals surface area contributed by atoms with E-state index < -0.39 is 0 Å². The SMILES string of the molecule is O=C1CC[C@@H](c2cc(O)cc(O)c2)N1. The summed E-state index contributed by atoms with van der Waals surface area (Å²) in [6.07, 6.45) is 1.21. The van der Waals surface area contributed by atoms with Crippen molar-refractivity contribution in [3.63, 3.8) is 0 Å². The molecule has 4 heteroatoms. The van der Waals surface area contributed by atoms with Gasteiger partial charge in [-0.1, -0.05) is 0 Å². The molecule has 3 N–H and O–H groups in total. The Kier molecular flexibility index (Phi) is 2.04. The summed E-state index contributed by atoms with van der Waals surface area (Å²) in [5.74, 6) is 0.0418. The first-order chi connectivity index (χ1) is 6.65. The lowest BCUT2D eigenvalue weighted by Gasteiger charge is -2.10. The average molecular weight is 193 g/mol. The van der Waals surface area contributed by atoms with Crippen LogP contribution in [0.3, 0.4) is 0 Å². The fourth-order valence-electron chi connectivity index (χ4n) is 1.68. The van der Waals surface area contributed by atoms with Gasteiger partial charge in [-0.2, -0.15) is 0 Å². The monoisotopic (exact) mass is 193 g/mol.